The van der Waals surface area contributed by atoms with Crippen molar-refractivity contribution in [1.82, 2.24) is 0 Å². The van der Waals surface area contributed by atoms with E-state index in [1.165, 1.54) is 0 Å². The smallest absolute Gasteiger partial charge is 0.306 e. The molecule has 2 rings (SSSR count). The summed E-state index contributed by atoms with van der Waals surface area (Å²) in [6.07, 6.45) is 1.37. The Balaban J connectivity index is 1.70. The second-order valence-electron chi connectivity index (χ2n) is 4.08. The number of hydrogen-bond donors (Lipinski definition) is 1. The minimum Gasteiger partial charge on any atom is -0.481 e. The van der Waals surface area contributed by atoms with E-state index in [1.807, 2.05) is 0 Å². The molecule has 15 heavy (non-hydrogen) atoms. The maximum Gasteiger partial charge on any atom is 0.306 e. The van der Waals surface area contributed by atoms with Crippen molar-refractivity contribution in [2.24, 2.45) is 5.92 Å². The maximum absolute atomic E-state index is 10.5. The summed E-state index contributed by atoms with van der Waals surface area (Å²) < 4.78 is 16.1. The molecule has 5 heteroatoms. The molecule has 3 atom stereocenters. The number of hydrogen-bond acceptors (Lipinski definition) is 4. The van der Waals surface area contributed by atoms with Crippen molar-refractivity contribution in [3.63, 3.8) is 0 Å². The van der Waals surface area contributed by atoms with Gasteiger partial charge in [0.25, 0.3) is 0 Å². The molecule has 0 saturated carbocycles. The van der Waals surface area contributed by atoms with E-state index in [0.29, 0.717) is 12.5 Å². The SMILES string of the molecule is O=C(O)CC1COC(CC2CCOC2)O1. The molecule has 0 aromatic heterocycles. The second-order valence-corrected chi connectivity index (χ2v) is 4.08. The minimum absolute atomic E-state index is 0.0255. The fraction of sp³-hybridized carbons (Fsp3) is 0.900. The van der Waals surface area contributed by atoms with Gasteiger partial charge in [0.2, 0.25) is 0 Å². The van der Waals surface area contributed by atoms with Crippen molar-refractivity contribution in [2.45, 2.75) is 31.7 Å². The summed E-state index contributed by atoms with van der Waals surface area (Å²) in [7, 11) is 0. The van der Waals surface area contributed by atoms with Gasteiger partial charge in [0.05, 0.1) is 19.1 Å². The Morgan fingerprint density at radius 1 is 1.40 bits per heavy atom. The number of carbonyl (C=O) groups is 1. The Bertz CT molecular complexity index is 224. The van der Waals surface area contributed by atoms with E-state index in [4.69, 9.17) is 19.3 Å². The highest BCUT2D eigenvalue weighted by Crippen LogP contribution is 2.24. The topological polar surface area (TPSA) is 65.0 Å². The average molecular weight is 216 g/mol. The van der Waals surface area contributed by atoms with Crippen LogP contribution >= 0.6 is 0 Å². The second kappa shape index (κ2) is 4.92. The van der Waals surface area contributed by atoms with Gasteiger partial charge < -0.3 is 19.3 Å². The van der Waals surface area contributed by atoms with Gasteiger partial charge in [-0.1, -0.05) is 0 Å². The first-order chi connectivity index (χ1) is 7.24. The third-order valence-corrected chi connectivity index (χ3v) is 2.76. The molecule has 0 aliphatic carbocycles. The fourth-order valence-electron chi connectivity index (χ4n) is 1.97. The van der Waals surface area contributed by atoms with Crippen molar-refractivity contribution >= 4 is 5.97 Å². The van der Waals surface area contributed by atoms with Gasteiger partial charge in [-0.3, -0.25) is 4.79 Å². The number of ether oxygens (including phenoxy) is 3. The molecule has 0 amide bonds. The molecule has 0 aromatic rings. The Morgan fingerprint density at radius 2 is 2.27 bits per heavy atom. The van der Waals surface area contributed by atoms with Crippen molar-refractivity contribution in [3.05, 3.63) is 0 Å². The van der Waals surface area contributed by atoms with Crippen LogP contribution in [0.15, 0.2) is 0 Å². The summed E-state index contributed by atoms with van der Waals surface area (Å²) in [5.41, 5.74) is 0. The summed E-state index contributed by atoms with van der Waals surface area (Å²) in [6, 6.07) is 0. The number of carboxylic acids is 1. The van der Waals surface area contributed by atoms with E-state index in [2.05, 4.69) is 0 Å². The summed E-state index contributed by atoms with van der Waals surface area (Å²) >= 11 is 0. The molecule has 2 heterocycles. The van der Waals surface area contributed by atoms with E-state index in [9.17, 15) is 4.79 Å². The van der Waals surface area contributed by atoms with Crippen LogP contribution in [-0.4, -0.2) is 43.3 Å². The van der Waals surface area contributed by atoms with Crippen LogP contribution in [0.1, 0.15) is 19.3 Å². The lowest BCUT2D eigenvalue weighted by molar-refractivity contribution is -0.140. The molecule has 86 valence electrons. The van der Waals surface area contributed by atoms with E-state index in [1.54, 1.807) is 0 Å². The molecule has 5 nitrogen and oxygen atoms in total. The standard InChI is InChI=1S/C10H16O5/c11-9(12)4-8-6-14-10(15-8)3-7-1-2-13-5-7/h7-8,10H,1-6H2,(H,11,12). The zero-order chi connectivity index (χ0) is 10.7. The lowest BCUT2D eigenvalue weighted by Gasteiger charge is -2.13. The Kier molecular flexibility index (Phi) is 3.56. The lowest BCUT2D eigenvalue weighted by atomic mass is 10.1. The molecule has 0 bridgehead atoms. The van der Waals surface area contributed by atoms with Crippen LogP contribution in [-0.2, 0) is 19.0 Å². The van der Waals surface area contributed by atoms with Crippen LogP contribution in [0.2, 0.25) is 0 Å². The molecule has 0 spiro atoms. The third-order valence-electron chi connectivity index (χ3n) is 2.76. The zero-order valence-corrected chi connectivity index (χ0v) is 8.55. The summed E-state index contributed by atoms with van der Waals surface area (Å²) in [5, 5.41) is 8.59. The van der Waals surface area contributed by atoms with E-state index >= 15 is 0 Å². The zero-order valence-electron chi connectivity index (χ0n) is 8.55. The largest absolute Gasteiger partial charge is 0.481 e. The molecule has 0 radical (unpaired) electrons. The lowest BCUT2D eigenvalue weighted by Crippen LogP contribution is -2.18. The fourth-order valence-corrected chi connectivity index (χ4v) is 1.97. The highest BCUT2D eigenvalue weighted by atomic mass is 16.7. The van der Waals surface area contributed by atoms with Crippen LogP contribution in [0, 0.1) is 5.92 Å². The first-order valence-electron chi connectivity index (χ1n) is 5.30. The third kappa shape index (κ3) is 3.15. The highest BCUT2D eigenvalue weighted by Gasteiger charge is 2.30. The summed E-state index contributed by atoms with van der Waals surface area (Å²) in [5.74, 6) is -0.341. The van der Waals surface area contributed by atoms with Crippen molar-refractivity contribution < 1.29 is 24.1 Å². The van der Waals surface area contributed by atoms with Crippen molar-refractivity contribution in [1.29, 1.82) is 0 Å². The molecule has 3 unspecified atom stereocenters. The van der Waals surface area contributed by atoms with Crippen LogP contribution in [0.3, 0.4) is 0 Å². The average Bonchev–Trinajstić information content (AvgIpc) is 2.77. The first kappa shape index (κ1) is 10.9. The van der Waals surface area contributed by atoms with Crippen molar-refractivity contribution in [3.8, 4) is 0 Å². The molecule has 1 N–H and O–H groups in total. The number of carboxylic acid groups (broad SMARTS) is 1. The first-order valence-corrected chi connectivity index (χ1v) is 5.30. The van der Waals surface area contributed by atoms with Gasteiger partial charge in [0.15, 0.2) is 6.29 Å². The summed E-state index contributed by atoms with van der Waals surface area (Å²) in [4.78, 5) is 10.5. The summed E-state index contributed by atoms with van der Waals surface area (Å²) in [6.45, 7) is 1.98. The van der Waals surface area contributed by atoms with Crippen LogP contribution in [0.4, 0.5) is 0 Å². The molecular weight excluding hydrogens is 200 g/mol. The monoisotopic (exact) mass is 216 g/mol. The van der Waals surface area contributed by atoms with Gasteiger partial charge in [0, 0.05) is 19.6 Å². The highest BCUT2D eigenvalue weighted by molar-refractivity contribution is 5.67. The molecule has 0 aromatic carbocycles. The Labute approximate surface area is 88.3 Å². The normalized spacial score (nSPS) is 35.9. The van der Waals surface area contributed by atoms with Crippen LogP contribution in [0.25, 0.3) is 0 Å². The predicted octanol–water partition coefficient (Wildman–Crippen LogP) is 0.629. The van der Waals surface area contributed by atoms with Gasteiger partial charge in [0.1, 0.15) is 0 Å². The number of aliphatic carboxylic acids is 1. The van der Waals surface area contributed by atoms with Crippen LogP contribution in [0.5, 0.6) is 0 Å². The molecule has 2 fully saturated rings. The molecule has 2 aliphatic heterocycles. The van der Waals surface area contributed by atoms with E-state index in [-0.39, 0.29) is 18.8 Å². The van der Waals surface area contributed by atoms with E-state index < -0.39 is 5.97 Å². The van der Waals surface area contributed by atoms with Gasteiger partial charge in [-0.15, -0.1) is 0 Å². The van der Waals surface area contributed by atoms with Gasteiger partial charge in [-0.2, -0.15) is 0 Å². The minimum atomic E-state index is -0.839. The Hall–Kier alpha value is -0.650. The molecule has 2 saturated heterocycles. The Morgan fingerprint density at radius 3 is 2.93 bits per heavy atom. The van der Waals surface area contributed by atoms with Gasteiger partial charge >= 0.3 is 5.97 Å². The maximum atomic E-state index is 10.5. The predicted molar refractivity (Wildman–Crippen MR) is 50.4 cm³/mol. The van der Waals surface area contributed by atoms with Gasteiger partial charge in [-0.05, 0) is 12.3 Å². The molecule has 2 aliphatic rings. The van der Waals surface area contributed by atoms with Crippen molar-refractivity contribution in [2.75, 3.05) is 19.8 Å². The quantitative estimate of drug-likeness (QED) is 0.746. The van der Waals surface area contributed by atoms with Crippen LogP contribution < -0.4 is 0 Å². The molecular formula is C10H16O5. The van der Waals surface area contributed by atoms with E-state index in [0.717, 1.165) is 26.1 Å². The number of rotatable bonds is 4. The van der Waals surface area contributed by atoms with Gasteiger partial charge in [-0.25, -0.2) is 0 Å².